The van der Waals surface area contributed by atoms with Gasteiger partial charge in [-0.25, -0.2) is 13.1 Å². The number of carbonyl (C=O) groups excluding carboxylic acids is 1. The zero-order chi connectivity index (χ0) is 20.7. The monoisotopic (exact) mass is 403 g/mol. The summed E-state index contributed by atoms with van der Waals surface area (Å²) >= 11 is 0. The number of sulfonamides is 1. The van der Waals surface area contributed by atoms with Crippen molar-refractivity contribution in [1.82, 2.24) is 14.9 Å². The van der Waals surface area contributed by atoms with E-state index in [1.54, 1.807) is 19.1 Å². The molecule has 1 atom stereocenters. The van der Waals surface area contributed by atoms with Crippen LogP contribution in [0.3, 0.4) is 0 Å². The molecule has 0 bridgehead atoms. The summed E-state index contributed by atoms with van der Waals surface area (Å²) in [5.41, 5.74) is 2.70. The first-order valence-electron chi connectivity index (χ1n) is 9.41. The molecule has 2 aromatic rings. The molecular weight excluding hydrogens is 374 g/mol. The molecule has 28 heavy (non-hydrogen) atoms. The Balaban J connectivity index is 2.12. The SMILES string of the molecule is CCNS(=O)(=O)c1cccc(C(=O)NCC(c2ccc(CC)cc2)N(C)C)c1. The molecule has 0 aliphatic rings. The Labute approximate surface area is 168 Å². The van der Waals surface area contributed by atoms with Gasteiger partial charge in [-0.15, -0.1) is 0 Å². The van der Waals surface area contributed by atoms with Gasteiger partial charge in [0.2, 0.25) is 10.0 Å². The van der Waals surface area contributed by atoms with Crippen molar-refractivity contribution in [3.05, 3.63) is 65.2 Å². The lowest BCUT2D eigenvalue weighted by atomic mass is 10.0. The number of nitrogens with zero attached hydrogens (tertiary/aromatic N) is 1. The van der Waals surface area contributed by atoms with Gasteiger partial charge in [0, 0.05) is 18.7 Å². The molecule has 7 heteroatoms. The van der Waals surface area contributed by atoms with Crippen LogP contribution >= 0.6 is 0 Å². The fourth-order valence-corrected chi connectivity index (χ4v) is 4.03. The number of rotatable bonds is 9. The van der Waals surface area contributed by atoms with Gasteiger partial charge in [-0.3, -0.25) is 4.79 Å². The molecule has 2 aromatic carbocycles. The van der Waals surface area contributed by atoms with Gasteiger partial charge in [0.05, 0.1) is 10.9 Å². The van der Waals surface area contributed by atoms with Crippen LogP contribution in [-0.2, 0) is 16.4 Å². The minimum Gasteiger partial charge on any atom is -0.350 e. The van der Waals surface area contributed by atoms with Gasteiger partial charge in [0.1, 0.15) is 0 Å². The van der Waals surface area contributed by atoms with E-state index in [0.717, 1.165) is 12.0 Å². The van der Waals surface area contributed by atoms with Crippen molar-refractivity contribution in [2.24, 2.45) is 0 Å². The largest absolute Gasteiger partial charge is 0.350 e. The van der Waals surface area contributed by atoms with Crippen LogP contribution in [0.2, 0.25) is 0 Å². The molecule has 0 saturated carbocycles. The first-order chi connectivity index (χ1) is 13.3. The third kappa shape index (κ3) is 5.64. The molecule has 0 aliphatic heterocycles. The predicted molar refractivity (Wildman–Crippen MR) is 112 cm³/mol. The molecule has 0 aromatic heterocycles. The van der Waals surface area contributed by atoms with Crippen molar-refractivity contribution in [3.63, 3.8) is 0 Å². The minimum absolute atomic E-state index is 0.0172. The maximum absolute atomic E-state index is 12.6. The van der Waals surface area contributed by atoms with Gasteiger partial charge in [0.25, 0.3) is 5.91 Å². The Hall–Kier alpha value is -2.22. The summed E-state index contributed by atoms with van der Waals surface area (Å²) in [4.78, 5) is 14.7. The lowest BCUT2D eigenvalue weighted by molar-refractivity contribution is 0.0941. The number of hydrogen-bond donors (Lipinski definition) is 2. The summed E-state index contributed by atoms with van der Waals surface area (Å²) in [5.74, 6) is -0.300. The molecule has 0 aliphatic carbocycles. The highest BCUT2D eigenvalue weighted by Gasteiger charge is 2.18. The average Bonchev–Trinajstić information content (AvgIpc) is 2.68. The normalized spacial score (nSPS) is 12.8. The second kappa shape index (κ2) is 9.82. The van der Waals surface area contributed by atoms with Crippen LogP contribution in [0.4, 0.5) is 0 Å². The number of aryl methyl sites for hydroxylation is 1. The average molecular weight is 404 g/mol. The number of likely N-dealkylation sites (N-methyl/N-ethyl adjacent to an activating group) is 1. The fourth-order valence-electron chi connectivity index (χ4n) is 2.94. The lowest BCUT2D eigenvalue weighted by Crippen LogP contribution is -2.34. The van der Waals surface area contributed by atoms with Crippen LogP contribution in [0.5, 0.6) is 0 Å². The van der Waals surface area contributed by atoms with Crippen LogP contribution in [-0.4, -0.2) is 46.4 Å². The molecule has 1 amide bonds. The number of nitrogens with one attached hydrogen (secondary N) is 2. The predicted octanol–water partition coefficient (Wildman–Crippen LogP) is 2.58. The Kier molecular flexibility index (Phi) is 7.74. The summed E-state index contributed by atoms with van der Waals surface area (Å²) in [6, 6.07) is 14.4. The summed E-state index contributed by atoms with van der Waals surface area (Å²) < 4.78 is 26.7. The smallest absolute Gasteiger partial charge is 0.251 e. The maximum atomic E-state index is 12.6. The highest BCUT2D eigenvalue weighted by Crippen LogP contribution is 2.19. The van der Waals surface area contributed by atoms with E-state index in [9.17, 15) is 13.2 Å². The Morgan fingerprint density at radius 1 is 1.07 bits per heavy atom. The Morgan fingerprint density at radius 3 is 2.32 bits per heavy atom. The standard InChI is InChI=1S/C21H29N3O3S/c1-5-16-10-12-17(13-11-16)20(24(3)4)15-22-21(25)18-8-7-9-19(14-18)28(26,27)23-6-2/h7-14,20,23H,5-6,15H2,1-4H3,(H,22,25). The van der Waals surface area contributed by atoms with E-state index in [1.165, 1.54) is 17.7 Å². The first kappa shape index (κ1) is 22.1. The molecular formula is C21H29N3O3S. The van der Waals surface area contributed by atoms with Crippen LogP contribution in [0.25, 0.3) is 0 Å². The zero-order valence-electron chi connectivity index (χ0n) is 16.9. The first-order valence-corrected chi connectivity index (χ1v) is 10.9. The summed E-state index contributed by atoms with van der Waals surface area (Å²) in [7, 11) is 0.334. The number of hydrogen-bond acceptors (Lipinski definition) is 4. The molecule has 2 N–H and O–H groups in total. The van der Waals surface area contributed by atoms with E-state index < -0.39 is 10.0 Å². The fraction of sp³-hybridized carbons (Fsp3) is 0.381. The third-order valence-electron chi connectivity index (χ3n) is 4.59. The second-order valence-corrected chi connectivity index (χ2v) is 8.58. The van der Waals surface area contributed by atoms with Gasteiger partial charge < -0.3 is 10.2 Å². The molecule has 0 fully saturated rings. The Morgan fingerprint density at radius 2 is 1.75 bits per heavy atom. The third-order valence-corrected chi connectivity index (χ3v) is 6.14. The number of carbonyl (C=O) groups is 1. The van der Waals surface area contributed by atoms with Crippen molar-refractivity contribution < 1.29 is 13.2 Å². The van der Waals surface area contributed by atoms with E-state index in [2.05, 4.69) is 41.2 Å². The lowest BCUT2D eigenvalue weighted by Gasteiger charge is -2.25. The highest BCUT2D eigenvalue weighted by atomic mass is 32.2. The van der Waals surface area contributed by atoms with Crippen molar-refractivity contribution in [1.29, 1.82) is 0 Å². The molecule has 6 nitrogen and oxygen atoms in total. The summed E-state index contributed by atoms with van der Waals surface area (Å²) in [6.45, 7) is 4.53. The second-order valence-electron chi connectivity index (χ2n) is 6.81. The van der Waals surface area contributed by atoms with Gasteiger partial charge >= 0.3 is 0 Å². The van der Waals surface area contributed by atoms with E-state index in [4.69, 9.17) is 0 Å². The molecule has 0 saturated heterocycles. The van der Waals surface area contributed by atoms with Crippen molar-refractivity contribution in [2.75, 3.05) is 27.2 Å². The van der Waals surface area contributed by atoms with E-state index in [0.29, 0.717) is 18.7 Å². The maximum Gasteiger partial charge on any atom is 0.251 e. The zero-order valence-corrected chi connectivity index (χ0v) is 17.7. The molecule has 2 rings (SSSR count). The van der Waals surface area contributed by atoms with Gasteiger partial charge in [-0.2, -0.15) is 0 Å². The van der Waals surface area contributed by atoms with Gasteiger partial charge in [-0.1, -0.05) is 44.2 Å². The molecule has 0 spiro atoms. The van der Waals surface area contributed by atoms with E-state index in [-0.39, 0.29) is 16.8 Å². The topological polar surface area (TPSA) is 78.5 Å². The van der Waals surface area contributed by atoms with Crippen molar-refractivity contribution in [3.8, 4) is 0 Å². The molecule has 0 heterocycles. The quantitative estimate of drug-likeness (QED) is 0.675. The van der Waals surface area contributed by atoms with Crippen molar-refractivity contribution in [2.45, 2.75) is 31.2 Å². The van der Waals surface area contributed by atoms with Gasteiger partial charge in [0.15, 0.2) is 0 Å². The van der Waals surface area contributed by atoms with Crippen LogP contribution in [0.1, 0.15) is 41.4 Å². The molecule has 0 radical (unpaired) electrons. The van der Waals surface area contributed by atoms with Crippen LogP contribution in [0, 0.1) is 0 Å². The van der Waals surface area contributed by atoms with Crippen LogP contribution < -0.4 is 10.0 Å². The highest BCUT2D eigenvalue weighted by molar-refractivity contribution is 7.89. The Bertz CT molecular complexity index is 893. The molecule has 152 valence electrons. The number of amides is 1. The van der Waals surface area contributed by atoms with Crippen LogP contribution in [0.15, 0.2) is 53.4 Å². The van der Waals surface area contributed by atoms with E-state index >= 15 is 0 Å². The molecule has 1 unspecified atom stereocenters. The van der Waals surface area contributed by atoms with E-state index in [1.807, 2.05) is 19.0 Å². The minimum atomic E-state index is -3.60. The van der Waals surface area contributed by atoms with Gasteiger partial charge in [-0.05, 0) is 49.8 Å². The summed E-state index contributed by atoms with van der Waals surface area (Å²) in [6.07, 6.45) is 0.982. The number of benzene rings is 2. The summed E-state index contributed by atoms with van der Waals surface area (Å²) in [5, 5.41) is 2.92. The van der Waals surface area contributed by atoms with Crippen molar-refractivity contribution >= 4 is 15.9 Å².